The van der Waals surface area contributed by atoms with Crippen LogP contribution >= 0.6 is 11.8 Å². The fourth-order valence-corrected chi connectivity index (χ4v) is 2.44. The average Bonchev–Trinajstić information content (AvgIpc) is 2.45. The molecule has 0 aromatic heterocycles. The maximum absolute atomic E-state index is 10.9. The molecule has 4 nitrogen and oxygen atoms in total. The van der Waals surface area contributed by atoms with Gasteiger partial charge in [0.25, 0.3) is 0 Å². The van der Waals surface area contributed by atoms with Crippen molar-refractivity contribution in [1.82, 2.24) is 0 Å². The van der Waals surface area contributed by atoms with Gasteiger partial charge in [-0.25, -0.2) is 4.79 Å². The van der Waals surface area contributed by atoms with Crippen LogP contribution in [0.1, 0.15) is 15.9 Å². The Morgan fingerprint density at radius 1 is 1.15 bits per heavy atom. The van der Waals surface area contributed by atoms with Gasteiger partial charge in [-0.05, 0) is 28.8 Å². The number of thioether (sulfide) groups is 1. The van der Waals surface area contributed by atoms with E-state index in [1.165, 1.54) is 11.8 Å². The van der Waals surface area contributed by atoms with Crippen LogP contribution in [0.4, 0.5) is 0 Å². The summed E-state index contributed by atoms with van der Waals surface area (Å²) in [7, 11) is 0. The standard InChI is InChI=1S/C15H14N2O2S/c16-15(17)20-9-12-3-1-2-4-13(12)10-5-7-11(8-6-10)14(18)19/h1-8H,9H2,(H3,16,17)(H,18,19). The van der Waals surface area contributed by atoms with Crippen LogP contribution < -0.4 is 5.73 Å². The molecule has 0 bridgehead atoms. The van der Waals surface area contributed by atoms with E-state index in [9.17, 15) is 4.79 Å². The largest absolute Gasteiger partial charge is 0.478 e. The molecular weight excluding hydrogens is 272 g/mol. The fourth-order valence-electron chi connectivity index (χ4n) is 1.88. The van der Waals surface area contributed by atoms with E-state index in [1.807, 2.05) is 24.3 Å². The van der Waals surface area contributed by atoms with Gasteiger partial charge in [0.2, 0.25) is 0 Å². The number of carboxylic acid groups (broad SMARTS) is 1. The number of carboxylic acids is 1. The van der Waals surface area contributed by atoms with Gasteiger partial charge in [-0.1, -0.05) is 48.2 Å². The van der Waals surface area contributed by atoms with E-state index >= 15 is 0 Å². The summed E-state index contributed by atoms with van der Waals surface area (Å²) in [6.07, 6.45) is 0. The Morgan fingerprint density at radius 3 is 2.40 bits per heavy atom. The van der Waals surface area contributed by atoms with E-state index in [0.717, 1.165) is 16.7 Å². The third-order valence-corrected chi connectivity index (χ3v) is 3.61. The molecule has 4 N–H and O–H groups in total. The summed E-state index contributed by atoms with van der Waals surface area (Å²) < 4.78 is 0. The van der Waals surface area contributed by atoms with Gasteiger partial charge in [0.05, 0.1) is 5.56 Å². The molecule has 2 rings (SSSR count). The Bertz CT molecular complexity index is 639. The molecule has 2 aromatic carbocycles. The van der Waals surface area contributed by atoms with E-state index in [0.29, 0.717) is 5.75 Å². The highest BCUT2D eigenvalue weighted by Crippen LogP contribution is 2.27. The SMILES string of the molecule is N=C(N)SCc1ccccc1-c1ccc(C(=O)O)cc1. The summed E-state index contributed by atoms with van der Waals surface area (Å²) in [6, 6.07) is 14.6. The molecule has 0 saturated heterocycles. The first-order valence-electron chi connectivity index (χ1n) is 5.96. The Kier molecular flexibility index (Phi) is 4.42. The van der Waals surface area contributed by atoms with E-state index in [1.54, 1.807) is 24.3 Å². The van der Waals surface area contributed by atoms with Crippen molar-refractivity contribution in [3.63, 3.8) is 0 Å². The lowest BCUT2D eigenvalue weighted by Gasteiger charge is -2.09. The summed E-state index contributed by atoms with van der Waals surface area (Å²) in [4.78, 5) is 10.9. The van der Waals surface area contributed by atoms with Crippen molar-refractivity contribution in [2.75, 3.05) is 0 Å². The van der Waals surface area contributed by atoms with Crippen LogP contribution in [0.3, 0.4) is 0 Å². The van der Waals surface area contributed by atoms with Crippen molar-refractivity contribution in [2.45, 2.75) is 5.75 Å². The van der Waals surface area contributed by atoms with Crippen molar-refractivity contribution >= 4 is 22.9 Å². The van der Waals surface area contributed by atoms with Gasteiger partial charge < -0.3 is 10.8 Å². The third kappa shape index (κ3) is 3.39. The molecule has 0 amide bonds. The third-order valence-electron chi connectivity index (χ3n) is 2.84. The molecule has 0 aliphatic rings. The van der Waals surface area contributed by atoms with Crippen LogP contribution in [0.15, 0.2) is 48.5 Å². The molecule has 0 radical (unpaired) electrons. The fraction of sp³-hybridized carbons (Fsp3) is 0.0667. The van der Waals surface area contributed by atoms with Crippen molar-refractivity contribution in [3.05, 3.63) is 59.7 Å². The topological polar surface area (TPSA) is 87.2 Å². The minimum absolute atomic E-state index is 0.0843. The molecule has 0 spiro atoms. The molecule has 0 aliphatic heterocycles. The van der Waals surface area contributed by atoms with E-state index in [4.69, 9.17) is 16.2 Å². The smallest absolute Gasteiger partial charge is 0.335 e. The highest BCUT2D eigenvalue weighted by Gasteiger charge is 2.07. The summed E-state index contributed by atoms with van der Waals surface area (Å²) in [6.45, 7) is 0. The maximum Gasteiger partial charge on any atom is 0.335 e. The number of nitrogens with one attached hydrogen (secondary N) is 1. The second-order valence-corrected chi connectivity index (χ2v) is 5.21. The number of aromatic carboxylic acids is 1. The van der Waals surface area contributed by atoms with Crippen molar-refractivity contribution < 1.29 is 9.90 Å². The monoisotopic (exact) mass is 286 g/mol. The Labute approximate surface area is 121 Å². The van der Waals surface area contributed by atoms with Crippen molar-refractivity contribution in [3.8, 4) is 11.1 Å². The molecule has 102 valence electrons. The lowest BCUT2D eigenvalue weighted by molar-refractivity contribution is 0.0697. The summed E-state index contributed by atoms with van der Waals surface area (Å²) in [5.74, 6) is -0.316. The number of benzene rings is 2. The second kappa shape index (κ2) is 6.25. The summed E-state index contributed by atoms with van der Waals surface area (Å²) in [5.41, 5.74) is 8.68. The van der Waals surface area contributed by atoms with Gasteiger partial charge in [0.1, 0.15) is 0 Å². The van der Waals surface area contributed by atoms with Gasteiger partial charge >= 0.3 is 5.97 Å². The zero-order valence-corrected chi connectivity index (χ0v) is 11.5. The van der Waals surface area contributed by atoms with E-state index < -0.39 is 5.97 Å². The van der Waals surface area contributed by atoms with Crippen LogP contribution in [0.25, 0.3) is 11.1 Å². The molecule has 2 aromatic rings. The van der Waals surface area contributed by atoms with Gasteiger partial charge in [-0.2, -0.15) is 0 Å². The molecule has 0 fully saturated rings. The zero-order valence-electron chi connectivity index (χ0n) is 10.7. The summed E-state index contributed by atoms with van der Waals surface area (Å²) in [5, 5.41) is 16.3. The minimum Gasteiger partial charge on any atom is -0.478 e. The molecular formula is C15H14N2O2S. The van der Waals surface area contributed by atoms with Gasteiger partial charge in [0, 0.05) is 5.75 Å². The second-order valence-electron chi connectivity index (χ2n) is 4.19. The lowest BCUT2D eigenvalue weighted by atomic mass is 9.99. The molecule has 0 atom stereocenters. The Balaban J connectivity index is 2.31. The van der Waals surface area contributed by atoms with Crippen LogP contribution in [-0.4, -0.2) is 16.2 Å². The first kappa shape index (κ1) is 14.1. The quantitative estimate of drug-likeness (QED) is 0.595. The van der Waals surface area contributed by atoms with Crippen LogP contribution in [0.2, 0.25) is 0 Å². The van der Waals surface area contributed by atoms with E-state index in [-0.39, 0.29) is 10.7 Å². The van der Waals surface area contributed by atoms with Crippen LogP contribution in [0.5, 0.6) is 0 Å². The zero-order chi connectivity index (χ0) is 14.5. The lowest BCUT2D eigenvalue weighted by Crippen LogP contribution is -2.04. The molecule has 0 saturated carbocycles. The number of nitrogens with two attached hydrogens (primary N) is 1. The highest BCUT2D eigenvalue weighted by molar-refractivity contribution is 8.13. The number of carbonyl (C=O) groups is 1. The predicted molar refractivity (Wildman–Crippen MR) is 82.0 cm³/mol. The maximum atomic E-state index is 10.9. The predicted octanol–water partition coefficient (Wildman–Crippen LogP) is 3.18. The van der Waals surface area contributed by atoms with Gasteiger partial charge in [0.15, 0.2) is 5.17 Å². The van der Waals surface area contributed by atoms with Crippen molar-refractivity contribution in [2.24, 2.45) is 5.73 Å². The first-order chi connectivity index (χ1) is 9.58. The molecule has 0 aliphatic carbocycles. The number of hydrogen-bond acceptors (Lipinski definition) is 3. The minimum atomic E-state index is -0.933. The molecule has 20 heavy (non-hydrogen) atoms. The van der Waals surface area contributed by atoms with Gasteiger partial charge in [-0.15, -0.1) is 0 Å². The summed E-state index contributed by atoms with van der Waals surface area (Å²) >= 11 is 1.27. The number of rotatable bonds is 4. The van der Waals surface area contributed by atoms with Crippen LogP contribution in [0, 0.1) is 5.41 Å². The molecule has 0 heterocycles. The Morgan fingerprint density at radius 2 is 1.80 bits per heavy atom. The molecule has 5 heteroatoms. The van der Waals surface area contributed by atoms with Crippen LogP contribution in [-0.2, 0) is 5.75 Å². The number of amidine groups is 1. The molecule has 0 unspecified atom stereocenters. The van der Waals surface area contributed by atoms with Crippen molar-refractivity contribution in [1.29, 1.82) is 5.41 Å². The van der Waals surface area contributed by atoms with E-state index in [2.05, 4.69) is 0 Å². The number of hydrogen-bond donors (Lipinski definition) is 3. The Hall–Kier alpha value is -2.27. The average molecular weight is 286 g/mol. The first-order valence-corrected chi connectivity index (χ1v) is 6.95. The van der Waals surface area contributed by atoms with Gasteiger partial charge in [-0.3, -0.25) is 5.41 Å². The normalized spacial score (nSPS) is 10.2. The highest BCUT2D eigenvalue weighted by atomic mass is 32.2.